The molecular weight excluding hydrogens is 320 g/mol. The van der Waals surface area contributed by atoms with Crippen LogP contribution in [-0.4, -0.2) is 31.1 Å². The lowest BCUT2D eigenvalue weighted by atomic mass is 9.99. The van der Waals surface area contributed by atoms with Crippen LogP contribution in [-0.2, 0) is 0 Å². The summed E-state index contributed by atoms with van der Waals surface area (Å²) in [5.41, 5.74) is 3.43. The molecule has 2 aromatic carbocycles. The molecule has 0 saturated carbocycles. The van der Waals surface area contributed by atoms with E-state index >= 15 is 0 Å². The van der Waals surface area contributed by atoms with Crippen molar-refractivity contribution in [3.8, 4) is 28.3 Å². The number of carboxylic acid groups (broad SMARTS) is 1. The second-order valence-corrected chi connectivity index (χ2v) is 5.27. The van der Waals surface area contributed by atoms with Crippen molar-refractivity contribution in [3.05, 3.63) is 72.9 Å². The van der Waals surface area contributed by atoms with Gasteiger partial charge in [-0.25, -0.2) is 14.5 Å². The van der Waals surface area contributed by atoms with E-state index < -0.39 is 5.97 Å². The highest BCUT2D eigenvalue weighted by molar-refractivity contribution is 5.86. The van der Waals surface area contributed by atoms with Gasteiger partial charge in [0.25, 0.3) is 0 Å². The second kappa shape index (κ2) is 6.04. The molecule has 2 aromatic heterocycles. The number of oxazole rings is 1. The highest BCUT2D eigenvalue weighted by atomic mass is 16.4. The Hall–Kier alpha value is -3.74. The van der Waals surface area contributed by atoms with E-state index in [9.17, 15) is 9.90 Å². The number of benzene rings is 2. The summed E-state index contributed by atoms with van der Waals surface area (Å²) in [6.45, 7) is 0. The summed E-state index contributed by atoms with van der Waals surface area (Å²) in [6.07, 6.45) is 4.36. The molecule has 0 aliphatic carbocycles. The van der Waals surface area contributed by atoms with Crippen molar-refractivity contribution in [1.29, 1.82) is 0 Å². The number of rotatable bonds is 4. The third-order valence-electron chi connectivity index (χ3n) is 3.78. The molecule has 0 bridgehead atoms. The van der Waals surface area contributed by atoms with E-state index in [2.05, 4.69) is 15.3 Å². The smallest absolute Gasteiger partial charge is 0.356 e. The molecule has 0 spiro atoms. The lowest BCUT2D eigenvalue weighted by Crippen LogP contribution is -2.07. The Kier molecular flexibility index (Phi) is 3.59. The number of hydrogen-bond donors (Lipinski definition) is 1. The molecule has 0 aliphatic rings. The molecule has 25 heavy (non-hydrogen) atoms. The van der Waals surface area contributed by atoms with Crippen LogP contribution in [0.5, 0.6) is 0 Å². The zero-order chi connectivity index (χ0) is 17.2. The molecule has 7 nitrogen and oxygen atoms in total. The van der Waals surface area contributed by atoms with Crippen LogP contribution in [0.1, 0.15) is 10.5 Å². The normalized spacial score (nSPS) is 10.7. The minimum atomic E-state index is -1.08. The standard InChI is InChI=1S/C18H12N4O3/c23-18(24)16-11-20-21-22(16)13-7-5-12(6-8-13)14-3-1-2-4-15(14)17-19-9-10-25-17/h1-11H,(H,23,24). The van der Waals surface area contributed by atoms with Crippen LogP contribution in [0.3, 0.4) is 0 Å². The van der Waals surface area contributed by atoms with Crippen LogP contribution >= 0.6 is 0 Å². The highest BCUT2D eigenvalue weighted by Gasteiger charge is 2.14. The molecule has 0 radical (unpaired) electrons. The van der Waals surface area contributed by atoms with Crippen LogP contribution in [0.25, 0.3) is 28.3 Å². The van der Waals surface area contributed by atoms with Gasteiger partial charge in [-0.05, 0) is 29.3 Å². The van der Waals surface area contributed by atoms with Gasteiger partial charge in [-0.1, -0.05) is 35.5 Å². The Balaban J connectivity index is 1.75. The lowest BCUT2D eigenvalue weighted by molar-refractivity contribution is 0.0687. The first-order chi connectivity index (χ1) is 12.2. The maximum absolute atomic E-state index is 11.2. The van der Waals surface area contributed by atoms with Crippen molar-refractivity contribution in [2.75, 3.05) is 0 Å². The molecule has 4 rings (SSSR count). The van der Waals surface area contributed by atoms with E-state index in [0.717, 1.165) is 16.7 Å². The zero-order valence-corrected chi connectivity index (χ0v) is 12.9. The van der Waals surface area contributed by atoms with Gasteiger partial charge in [0, 0.05) is 5.56 Å². The van der Waals surface area contributed by atoms with Crippen LogP contribution in [0.2, 0.25) is 0 Å². The molecule has 4 aromatic rings. The summed E-state index contributed by atoms with van der Waals surface area (Å²) in [5.74, 6) is -0.535. The predicted molar refractivity (Wildman–Crippen MR) is 89.3 cm³/mol. The molecule has 1 N–H and O–H groups in total. The summed E-state index contributed by atoms with van der Waals surface area (Å²) in [4.78, 5) is 15.4. The number of aromatic carboxylic acids is 1. The maximum Gasteiger partial charge on any atom is 0.356 e. The Morgan fingerprint density at radius 2 is 1.80 bits per heavy atom. The Bertz CT molecular complexity index is 1020. The van der Waals surface area contributed by atoms with E-state index in [0.29, 0.717) is 11.6 Å². The van der Waals surface area contributed by atoms with Crippen LogP contribution in [0, 0.1) is 0 Å². The first kappa shape index (κ1) is 14.8. The Labute approximate surface area is 142 Å². The summed E-state index contributed by atoms with van der Waals surface area (Å²) >= 11 is 0. The first-order valence-electron chi connectivity index (χ1n) is 7.48. The maximum atomic E-state index is 11.2. The molecule has 2 heterocycles. The molecule has 0 atom stereocenters. The molecule has 122 valence electrons. The minimum Gasteiger partial charge on any atom is -0.476 e. The number of nitrogens with zero attached hydrogens (tertiary/aromatic N) is 4. The number of aromatic nitrogens is 4. The average Bonchev–Trinajstić information content (AvgIpc) is 3.34. The summed E-state index contributed by atoms with van der Waals surface area (Å²) in [5, 5.41) is 16.7. The molecular formula is C18H12N4O3. The van der Waals surface area contributed by atoms with Gasteiger partial charge in [-0.2, -0.15) is 0 Å². The van der Waals surface area contributed by atoms with Gasteiger partial charge >= 0.3 is 5.97 Å². The topological polar surface area (TPSA) is 94.0 Å². The van der Waals surface area contributed by atoms with E-state index in [4.69, 9.17) is 4.42 Å². The van der Waals surface area contributed by atoms with Crippen molar-refractivity contribution < 1.29 is 14.3 Å². The second-order valence-electron chi connectivity index (χ2n) is 5.27. The molecule has 0 fully saturated rings. The fraction of sp³-hybridized carbons (Fsp3) is 0. The Morgan fingerprint density at radius 3 is 2.48 bits per heavy atom. The SMILES string of the molecule is O=C(O)c1cnnn1-c1ccc(-c2ccccc2-c2ncco2)cc1. The zero-order valence-electron chi connectivity index (χ0n) is 12.9. The van der Waals surface area contributed by atoms with Crippen LogP contribution in [0.15, 0.2) is 71.6 Å². The summed E-state index contributed by atoms with van der Waals surface area (Å²) in [7, 11) is 0. The third kappa shape index (κ3) is 2.67. The van der Waals surface area contributed by atoms with Gasteiger partial charge in [-0.3, -0.25) is 0 Å². The highest BCUT2D eigenvalue weighted by Crippen LogP contribution is 2.31. The van der Waals surface area contributed by atoms with Gasteiger partial charge in [0.05, 0.1) is 18.1 Å². The minimum absolute atomic E-state index is 0.00735. The van der Waals surface area contributed by atoms with E-state index in [-0.39, 0.29) is 5.69 Å². The van der Waals surface area contributed by atoms with Crippen molar-refractivity contribution in [3.63, 3.8) is 0 Å². The first-order valence-corrected chi connectivity index (χ1v) is 7.48. The molecule has 0 amide bonds. The molecule has 0 saturated heterocycles. The molecule has 0 unspecified atom stereocenters. The van der Waals surface area contributed by atoms with Crippen molar-refractivity contribution >= 4 is 5.97 Å². The van der Waals surface area contributed by atoms with Gasteiger partial charge in [0.15, 0.2) is 5.69 Å². The fourth-order valence-electron chi connectivity index (χ4n) is 2.63. The number of carboxylic acids is 1. The van der Waals surface area contributed by atoms with Gasteiger partial charge in [0.1, 0.15) is 6.26 Å². The number of hydrogen-bond acceptors (Lipinski definition) is 5. The van der Waals surface area contributed by atoms with Gasteiger partial charge in [0.2, 0.25) is 5.89 Å². The van der Waals surface area contributed by atoms with E-state index in [1.54, 1.807) is 18.3 Å². The van der Waals surface area contributed by atoms with Crippen molar-refractivity contribution in [2.24, 2.45) is 0 Å². The van der Waals surface area contributed by atoms with Crippen molar-refractivity contribution in [2.45, 2.75) is 0 Å². The van der Waals surface area contributed by atoms with Crippen LogP contribution in [0.4, 0.5) is 0 Å². The average molecular weight is 332 g/mol. The van der Waals surface area contributed by atoms with E-state index in [1.807, 2.05) is 36.4 Å². The quantitative estimate of drug-likeness (QED) is 0.616. The molecule has 0 aliphatic heterocycles. The number of carbonyl (C=O) groups is 1. The van der Waals surface area contributed by atoms with Gasteiger partial charge < -0.3 is 9.52 Å². The van der Waals surface area contributed by atoms with Crippen LogP contribution < -0.4 is 0 Å². The van der Waals surface area contributed by atoms with Gasteiger partial charge in [-0.15, -0.1) is 5.10 Å². The third-order valence-corrected chi connectivity index (χ3v) is 3.78. The largest absolute Gasteiger partial charge is 0.476 e. The fourth-order valence-corrected chi connectivity index (χ4v) is 2.63. The predicted octanol–water partition coefficient (Wildman–Crippen LogP) is 3.29. The Morgan fingerprint density at radius 1 is 1.04 bits per heavy atom. The van der Waals surface area contributed by atoms with E-state index in [1.165, 1.54) is 17.1 Å². The van der Waals surface area contributed by atoms with Crippen molar-refractivity contribution in [1.82, 2.24) is 20.0 Å². The lowest BCUT2D eigenvalue weighted by Gasteiger charge is -2.08. The molecule has 7 heteroatoms. The summed E-state index contributed by atoms with van der Waals surface area (Å²) in [6, 6.07) is 15.2. The summed E-state index contributed by atoms with van der Waals surface area (Å²) < 4.78 is 6.69. The monoisotopic (exact) mass is 332 g/mol.